The molecule has 2 rings (SSSR count). The molecule has 1 heterocycles. The number of alkyl halides is 3. The van der Waals surface area contributed by atoms with Crippen molar-refractivity contribution in [2.24, 2.45) is 5.41 Å². The first-order chi connectivity index (χ1) is 8.28. The SMILES string of the molecule is CC(C)N1CCN(C(=O)C2(C(F)(F)F)CC2)CC1. The van der Waals surface area contributed by atoms with Crippen LogP contribution in [-0.4, -0.2) is 54.1 Å². The van der Waals surface area contributed by atoms with E-state index in [1.807, 2.05) is 0 Å². The van der Waals surface area contributed by atoms with Crippen LogP contribution >= 0.6 is 0 Å². The topological polar surface area (TPSA) is 23.6 Å². The summed E-state index contributed by atoms with van der Waals surface area (Å²) in [4.78, 5) is 15.6. The van der Waals surface area contributed by atoms with Crippen LogP contribution in [0.25, 0.3) is 0 Å². The molecule has 0 aromatic rings. The molecule has 1 aliphatic heterocycles. The van der Waals surface area contributed by atoms with Crippen molar-refractivity contribution in [1.82, 2.24) is 9.80 Å². The van der Waals surface area contributed by atoms with E-state index >= 15 is 0 Å². The molecule has 0 radical (unpaired) electrons. The normalized spacial score (nSPS) is 24.4. The fraction of sp³-hybridized carbons (Fsp3) is 0.917. The first-order valence-corrected chi connectivity index (χ1v) is 6.38. The molecule has 0 aromatic heterocycles. The molecular weight excluding hydrogens is 245 g/mol. The van der Waals surface area contributed by atoms with Crippen molar-refractivity contribution in [2.45, 2.75) is 38.9 Å². The van der Waals surface area contributed by atoms with Gasteiger partial charge in [0.15, 0.2) is 0 Å². The van der Waals surface area contributed by atoms with Crippen LogP contribution in [0, 0.1) is 5.41 Å². The molecule has 2 fully saturated rings. The Morgan fingerprint density at radius 3 is 1.94 bits per heavy atom. The van der Waals surface area contributed by atoms with Crippen molar-refractivity contribution >= 4 is 5.91 Å². The fourth-order valence-corrected chi connectivity index (χ4v) is 2.49. The number of hydrogen-bond acceptors (Lipinski definition) is 2. The van der Waals surface area contributed by atoms with Crippen LogP contribution in [0.5, 0.6) is 0 Å². The fourth-order valence-electron chi connectivity index (χ4n) is 2.49. The Morgan fingerprint density at radius 1 is 1.11 bits per heavy atom. The third-order valence-electron chi connectivity index (χ3n) is 4.03. The Balaban J connectivity index is 1.97. The van der Waals surface area contributed by atoms with E-state index in [-0.39, 0.29) is 12.8 Å². The third-order valence-corrected chi connectivity index (χ3v) is 4.03. The maximum absolute atomic E-state index is 12.8. The molecule has 104 valence electrons. The smallest absolute Gasteiger partial charge is 0.339 e. The number of halogens is 3. The molecule has 0 unspecified atom stereocenters. The van der Waals surface area contributed by atoms with Crippen LogP contribution < -0.4 is 0 Å². The lowest BCUT2D eigenvalue weighted by molar-refractivity contribution is -0.199. The first-order valence-electron chi connectivity index (χ1n) is 6.38. The number of carbonyl (C=O) groups excluding carboxylic acids is 1. The molecule has 1 amide bonds. The van der Waals surface area contributed by atoms with Crippen LogP contribution in [0.2, 0.25) is 0 Å². The summed E-state index contributed by atoms with van der Waals surface area (Å²) < 4.78 is 38.5. The number of carbonyl (C=O) groups is 1. The van der Waals surface area contributed by atoms with E-state index in [1.165, 1.54) is 4.90 Å². The monoisotopic (exact) mass is 264 g/mol. The molecular formula is C12H19F3N2O. The van der Waals surface area contributed by atoms with Crippen molar-refractivity contribution in [3.63, 3.8) is 0 Å². The summed E-state index contributed by atoms with van der Waals surface area (Å²) in [5, 5.41) is 0. The molecule has 1 saturated heterocycles. The zero-order valence-electron chi connectivity index (χ0n) is 10.8. The molecule has 0 aromatic carbocycles. The van der Waals surface area contributed by atoms with E-state index in [0.29, 0.717) is 32.2 Å². The number of rotatable bonds is 2. The first kappa shape index (κ1) is 13.6. The zero-order chi connectivity index (χ0) is 13.6. The highest BCUT2D eigenvalue weighted by atomic mass is 19.4. The summed E-state index contributed by atoms with van der Waals surface area (Å²) in [6, 6.07) is 0.375. The van der Waals surface area contributed by atoms with Crippen molar-refractivity contribution in [3.05, 3.63) is 0 Å². The van der Waals surface area contributed by atoms with Crippen molar-refractivity contribution in [1.29, 1.82) is 0 Å². The van der Waals surface area contributed by atoms with Crippen molar-refractivity contribution in [2.75, 3.05) is 26.2 Å². The van der Waals surface area contributed by atoms with Gasteiger partial charge in [-0.2, -0.15) is 13.2 Å². The lowest BCUT2D eigenvalue weighted by atomic mass is 10.0. The second-order valence-corrected chi connectivity index (χ2v) is 5.50. The van der Waals surface area contributed by atoms with Crippen LogP contribution in [0.4, 0.5) is 13.2 Å². The Labute approximate surface area is 105 Å². The lowest BCUT2D eigenvalue weighted by Gasteiger charge is -2.38. The molecule has 0 spiro atoms. The van der Waals surface area contributed by atoms with Gasteiger partial charge in [0.1, 0.15) is 5.41 Å². The molecule has 6 heteroatoms. The summed E-state index contributed by atoms with van der Waals surface area (Å²) in [6.45, 7) is 6.25. The van der Waals surface area contributed by atoms with Gasteiger partial charge in [0, 0.05) is 32.2 Å². The standard InChI is InChI=1S/C12H19F3N2O/c1-9(2)16-5-7-17(8-6-16)10(18)11(3-4-11)12(13,14)15/h9H,3-8H2,1-2H3. The number of piperazine rings is 1. The van der Waals surface area contributed by atoms with Crippen molar-refractivity contribution in [3.8, 4) is 0 Å². The highest BCUT2D eigenvalue weighted by molar-refractivity contribution is 5.86. The average Bonchev–Trinajstić information content (AvgIpc) is 3.08. The molecule has 0 atom stereocenters. The Kier molecular flexibility index (Phi) is 3.34. The van der Waals surface area contributed by atoms with Crippen LogP contribution in [0.1, 0.15) is 26.7 Å². The van der Waals surface area contributed by atoms with E-state index in [9.17, 15) is 18.0 Å². The second kappa shape index (κ2) is 4.40. The van der Waals surface area contributed by atoms with Crippen molar-refractivity contribution < 1.29 is 18.0 Å². The molecule has 1 aliphatic carbocycles. The van der Waals surface area contributed by atoms with Gasteiger partial charge >= 0.3 is 6.18 Å². The van der Waals surface area contributed by atoms with Gasteiger partial charge in [0.25, 0.3) is 0 Å². The predicted molar refractivity (Wildman–Crippen MR) is 61.0 cm³/mol. The van der Waals surface area contributed by atoms with Crippen LogP contribution in [0.3, 0.4) is 0 Å². The Bertz CT molecular complexity index is 329. The van der Waals surface area contributed by atoms with E-state index < -0.39 is 17.5 Å². The van der Waals surface area contributed by atoms with Gasteiger partial charge in [-0.1, -0.05) is 0 Å². The maximum Gasteiger partial charge on any atom is 0.403 e. The van der Waals surface area contributed by atoms with Crippen LogP contribution in [-0.2, 0) is 4.79 Å². The number of nitrogens with zero attached hydrogens (tertiary/aromatic N) is 2. The Morgan fingerprint density at radius 2 is 1.61 bits per heavy atom. The van der Waals surface area contributed by atoms with Gasteiger partial charge in [-0.3, -0.25) is 9.69 Å². The maximum atomic E-state index is 12.8. The minimum atomic E-state index is -4.39. The quantitative estimate of drug-likeness (QED) is 0.760. The Hall–Kier alpha value is -0.780. The summed E-state index contributed by atoms with van der Waals surface area (Å²) in [5.74, 6) is -0.710. The molecule has 18 heavy (non-hydrogen) atoms. The van der Waals surface area contributed by atoms with Gasteiger partial charge in [0.05, 0.1) is 0 Å². The van der Waals surface area contributed by atoms with Gasteiger partial charge in [-0.15, -0.1) is 0 Å². The van der Waals surface area contributed by atoms with Gasteiger partial charge in [0.2, 0.25) is 5.91 Å². The summed E-state index contributed by atoms with van der Waals surface area (Å²) in [6.07, 6.45) is -4.47. The summed E-state index contributed by atoms with van der Waals surface area (Å²) in [7, 11) is 0. The van der Waals surface area contributed by atoms with E-state index in [1.54, 1.807) is 0 Å². The average molecular weight is 264 g/mol. The molecule has 0 bridgehead atoms. The predicted octanol–water partition coefficient (Wildman–Crippen LogP) is 1.88. The van der Waals surface area contributed by atoms with E-state index in [4.69, 9.17) is 0 Å². The summed E-state index contributed by atoms with van der Waals surface area (Å²) >= 11 is 0. The number of hydrogen-bond donors (Lipinski definition) is 0. The van der Waals surface area contributed by atoms with Gasteiger partial charge in [-0.25, -0.2) is 0 Å². The van der Waals surface area contributed by atoms with E-state index in [0.717, 1.165) is 0 Å². The molecule has 2 aliphatic rings. The van der Waals surface area contributed by atoms with E-state index in [2.05, 4.69) is 18.7 Å². The molecule has 1 saturated carbocycles. The molecule has 3 nitrogen and oxygen atoms in total. The zero-order valence-corrected chi connectivity index (χ0v) is 10.8. The third kappa shape index (κ3) is 2.22. The minimum Gasteiger partial charge on any atom is -0.339 e. The highest BCUT2D eigenvalue weighted by Gasteiger charge is 2.69. The molecule has 0 N–H and O–H groups in total. The van der Waals surface area contributed by atoms with Gasteiger partial charge < -0.3 is 4.90 Å². The van der Waals surface area contributed by atoms with Crippen LogP contribution in [0.15, 0.2) is 0 Å². The minimum absolute atomic E-state index is 0.0419. The van der Waals surface area contributed by atoms with Gasteiger partial charge in [-0.05, 0) is 26.7 Å². The second-order valence-electron chi connectivity index (χ2n) is 5.50. The lowest BCUT2D eigenvalue weighted by Crippen LogP contribution is -2.54. The largest absolute Gasteiger partial charge is 0.403 e. The highest BCUT2D eigenvalue weighted by Crippen LogP contribution is 2.58. The number of amides is 1. The summed E-state index contributed by atoms with van der Waals surface area (Å²) in [5.41, 5.74) is -2.05.